The number of amides is 2. The zero-order valence-corrected chi connectivity index (χ0v) is 17.4. The van der Waals surface area contributed by atoms with Gasteiger partial charge < -0.3 is 15.4 Å². The lowest BCUT2D eigenvalue weighted by atomic mass is 10.1. The fraction of sp³-hybridized carbons (Fsp3) is 0.0417. The Bertz CT molecular complexity index is 1190. The Labute approximate surface area is 188 Å². The monoisotopic (exact) mass is 449 g/mol. The molecule has 3 aromatic rings. The maximum atomic E-state index is 12.9. The molecule has 0 aliphatic heterocycles. The largest absolute Gasteiger partial charge is 0.484 e. The summed E-state index contributed by atoms with van der Waals surface area (Å²) in [5, 5.41) is 15.1. The molecular formula is C24H17ClFN3O3. The fourth-order valence-corrected chi connectivity index (χ4v) is 2.75. The van der Waals surface area contributed by atoms with Crippen LogP contribution in [0.15, 0.2) is 78.4 Å². The number of nitriles is 1. The molecule has 0 saturated heterocycles. The van der Waals surface area contributed by atoms with Gasteiger partial charge in [-0.15, -0.1) is 0 Å². The van der Waals surface area contributed by atoms with E-state index in [-0.39, 0.29) is 12.2 Å². The molecule has 32 heavy (non-hydrogen) atoms. The van der Waals surface area contributed by atoms with Crippen LogP contribution in [0.5, 0.6) is 5.75 Å². The van der Waals surface area contributed by atoms with Crippen molar-refractivity contribution < 1.29 is 18.7 Å². The first-order chi connectivity index (χ1) is 15.4. The smallest absolute Gasteiger partial charge is 0.266 e. The number of carbonyl (C=O) groups is 2. The molecule has 0 aliphatic rings. The zero-order chi connectivity index (χ0) is 22.9. The third-order valence-electron chi connectivity index (χ3n) is 4.13. The Balaban J connectivity index is 1.62. The number of carbonyl (C=O) groups excluding carboxylic acids is 2. The van der Waals surface area contributed by atoms with E-state index in [1.165, 1.54) is 30.3 Å². The molecule has 3 aromatic carbocycles. The van der Waals surface area contributed by atoms with Gasteiger partial charge in [-0.1, -0.05) is 23.7 Å². The minimum Gasteiger partial charge on any atom is -0.484 e. The highest BCUT2D eigenvalue weighted by molar-refractivity contribution is 6.30. The first kappa shape index (κ1) is 22.5. The van der Waals surface area contributed by atoms with Crippen molar-refractivity contribution in [2.45, 2.75) is 0 Å². The molecule has 0 aromatic heterocycles. The molecule has 6 nitrogen and oxygen atoms in total. The summed E-state index contributed by atoms with van der Waals surface area (Å²) in [5.74, 6) is -1.01. The quantitative estimate of drug-likeness (QED) is 0.390. The van der Waals surface area contributed by atoms with Crippen LogP contribution in [0.2, 0.25) is 5.02 Å². The van der Waals surface area contributed by atoms with Crippen LogP contribution in [0, 0.1) is 17.1 Å². The summed E-state index contributed by atoms with van der Waals surface area (Å²) < 4.78 is 18.4. The zero-order valence-electron chi connectivity index (χ0n) is 16.6. The van der Waals surface area contributed by atoms with E-state index >= 15 is 0 Å². The van der Waals surface area contributed by atoms with Gasteiger partial charge in [-0.2, -0.15) is 5.26 Å². The van der Waals surface area contributed by atoms with Gasteiger partial charge in [0, 0.05) is 16.4 Å². The standard InChI is InChI=1S/C24H17ClFN3O3/c25-18-4-8-21(9-5-18)29-24(31)17(14-27)12-16-2-1-3-22(13-16)32-15-23(30)28-20-10-6-19(26)7-11-20/h1-13H,15H2,(H,28,30)(H,29,31). The van der Waals surface area contributed by atoms with Gasteiger partial charge in [-0.25, -0.2) is 4.39 Å². The third-order valence-corrected chi connectivity index (χ3v) is 4.39. The average molecular weight is 450 g/mol. The molecule has 0 fully saturated rings. The Morgan fingerprint density at radius 3 is 2.34 bits per heavy atom. The van der Waals surface area contributed by atoms with E-state index in [0.717, 1.165) is 0 Å². The second-order valence-corrected chi connectivity index (χ2v) is 6.98. The molecule has 8 heteroatoms. The maximum absolute atomic E-state index is 12.9. The number of halogens is 2. The summed E-state index contributed by atoms with van der Waals surface area (Å²) in [6, 6.07) is 20.3. The predicted molar refractivity (Wildman–Crippen MR) is 121 cm³/mol. The number of ether oxygens (including phenoxy) is 1. The van der Waals surface area contributed by atoms with Gasteiger partial charge in [-0.3, -0.25) is 9.59 Å². The molecule has 0 spiro atoms. The van der Waals surface area contributed by atoms with Gasteiger partial charge in [0.1, 0.15) is 23.2 Å². The number of nitrogens with zero attached hydrogens (tertiary/aromatic N) is 1. The Kier molecular flexibility index (Phi) is 7.57. The third kappa shape index (κ3) is 6.69. The normalized spacial score (nSPS) is 10.7. The van der Waals surface area contributed by atoms with Gasteiger partial charge in [-0.05, 0) is 72.3 Å². The molecule has 0 heterocycles. The van der Waals surface area contributed by atoms with Crippen LogP contribution >= 0.6 is 11.6 Å². The fourth-order valence-electron chi connectivity index (χ4n) is 2.62. The number of nitrogens with one attached hydrogen (secondary N) is 2. The van der Waals surface area contributed by atoms with E-state index in [2.05, 4.69) is 10.6 Å². The molecule has 0 saturated carbocycles. The molecule has 3 rings (SSSR count). The maximum Gasteiger partial charge on any atom is 0.266 e. The van der Waals surface area contributed by atoms with Crippen LogP contribution < -0.4 is 15.4 Å². The summed E-state index contributed by atoms with van der Waals surface area (Å²) in [6.07, 6.45) is 1.41. The van der Waals surface area contributed by atoms with Crippen LogP contribution in [0.3, 0.4) is 0 Å². The van der Waals surface area contributed by atoms with Crippen molar-refractivity contribution in [3.63, 3.8) is 0 Å². The van der Waals surface area contributed by atoms with Gasteiger partial charge in [0.15, 0.2) is 6.61 Å². The van der Waals surface area contributed by atoms with E-state index in [1.54, 1.807) is 48.5 Å². The molecule has 2 amide bonds. The van der Waals surface area contributed by atoms with Crippen molar-refractivity contribution in [3.05, 3.63) is 94.8 Å². The van der Waals surface area contributed by atoms with Crippen LogP contribution in [0.4, 0.5) is 15.8 Å². The van der Waals surface area contributed by atoms with Crippen LogP contribution in [0.1, 0.15) is 5.56 Å². The van der Waals surface area contributed by atoms with Crippen molar-refractivity contribution in [1.82, 2.24) is 0 Å². The van der Waals surface area contributed by atoms with E-state index in [9.17, 15) is 19.2 Å². The molecule has 0 aliphatic carbocycles. The van der Waals surface area contributed by atoms with Crippen molar-refractivity contribution in [3.8, 4) is 11.8 Å². The first-order valence-corrected chi connectivity index (χ1v) is 9.78. The van der Waals surface area contributed by atoms with Crippen LogP contribution in [0.25, 0.3) is 6.08 Å². The first-order valence-electron chi connectivity index (χ1n) is 9.40. The molecule has 2 N–H and O–H groups in total. The Morgan fingerprint density at radius 1 is 1.00 bits per heavy atom. The summed E-state index contributed by atoms with van der Waals surface area (Å²) in [5.41, 5.74) is 1.39. The van der Waals surface area contributed by atoms with Gasteiger partial charge >= 0.3 is 0 Å². The van der Waals surface area contributed by atoms with Crippen molar-refractivity contribution in [1.29, 1.82) is 5.26 Å². The number of hydrogen-bond acceptors (Lipinski definition) is 4. The minimum absolute atomic E-state index is 0.105. The van der Waals surface area contributed by atoms with Crippen molar-refractivity contribution in [2.24, 2.45) is 0 Å². The van der Waals surface area contributed by atoms with E-state index in [1.807, 2.05) is 6.07 Å². The summed E-state index contributed by atoms with van der Waals surface area (Å²) >= 11 is 5.82. The highest BCUT2D eigenvalue weighted by Crippen LogP contribution is 2.18. The highest BCUT2D eigenvalue weighted by Gasteiger charge is 2.10. The second-order valence-electron chi connectivity index (χ2n) is 6.55. The molecule has 0 radical (unpaired) electrons. The van der Waals surface area contributed by atoms with Crippen molar-refractivity contribution >= 4 is 40.9 Å². The Hall–Kier alpha value is -4.15. The molecule has 0 atom stereocenters. The predicted octanol–water partition coefficient (Wildman–Crippen LogP) is 5.04. The SMILES string of the molecule is N#CC(=Cc1cccc(OCC(=O)Nc2ccc(F)cc2)c1)C(=O)Nc1ccc(Cl)cc1. The topological polar surface area (TPSA) is 91.2 Å². The van der Waals surface area contributed by atoms with E-state index in [0.29, 0.717) is 27.7 Å². The van der Waals surface area contributed by atoms with Gasteiger partial charge in [0.25, 0.3) is 11.8 Å². The second kappa shape index (κ2) is 10.8. The lowest BCUT2D eigenvalue weighted by molar-refractivity contribution is -0.118. The molecular weight excluding hydrogens is 433 g/mol. The van der Waals surface area contributed by atoms with Crippen LogP contribution in [-0.2, 0) is 9.59 Å². The molecule has 0 bridgehead atoms. The van der Waals surface area contributed by atoms with Crippen LogP contribution in [-0.4, -0.2) is 18.4 Å². The number of hydrogen-bond donors (Lipinski definition) is 2. The number of benzene rings is 3. The number of rotatable bonds is 7. The van der Waals surface area contributed by atoms with Gasteiger partial charge in [0.05, 0.1) is 0 Å². The average Bonchev–Trinajstić information content (AvgIpc) is 2.79. The van der Waals surface area contributed by atoms with Gasteiger partial charge in [0.2, 0.25) is 0 Å². The highest BCUT2D eigenvalue weighted by atomic mass is 35.5. The number of anilines is 2. The van der Waals surface area contributed by atoms with E-state index in [4.69, 9.17) is 16.3 Å². The summed E-state index contributed by atoms with van der Waals surface area (Å²) in [7, 11) is 0. The van der Waals surface area contributed by atoms with Crippen molar-refractivity contribution in [2.75, 3.05) is 17.2 Å². The summed E-state index contributed by atoms with van der Waals surface area (Å²) in [4.78, 5) is 24.4. The lowest BCUT2D eigenvalue weighted by Gasteiger charge is -2.08. The van der Waals surface area contributed by atoms with E-state index < -0.39 is 17.6 Å². The lowest BCUT2D eigenvalue weighted by Crippen LogP contribution is -2.20. The summed E-state index contributed by atoms with van der Waals surface area (Å²) in [6.45, 7) is -0.271. The Morgan fingerprint density at radius 2 is 1.66 bits per heavy atom. The minimum atomic E-state index is -0.570. The molecule has 160 valence electrons. The molecule has 0 unspecified atom stereocenters.